The van der Waals surface area contributed by atoms with Crippen LogP contribution in [-0.4, -0.2) is 80.5 Å². The second-order valence-electron chi connectivity index (χ2n) is 6.50. The van der Waals surface area contributed by atoms with Crippen molar-refractivity contribution in [1.29, 1.82) is 0 Å². The first-order valence-corrected chi connectivity index (χ1v) is 9.02. The van der Waals surface area contributed by atoms with Crippen LogP contribution in [0.15, 0.2) is 18.2 Å². The number of carboxylic acid groups (broad SMARTS) is 1. The Morgan fingerprint density at radius 1 is 1.26 bits per heavy atom. The zero-order chi connectivity index (χ0) is 19.8. The van der Waals surface area contributed by atoms with Crippen molar-refractivity contribution < 1.29 is 28.9 Å². The molecule has 1 atom stereocenters. The minimum Gasteiger partial charge on any atom is -0.493 e. The average Bonchev–Trinajstić information content (AvgIpc) is 2.70. The number of likely N-dealkylation sites (N-methyl/N-ethyl adjacent to an activating group) is 1. The van der Waals surface area contributed by atoms with Crippen molar-refractivity contribution in [2.45, 2.75) is 25.3 Å². The van der Waals surface area contributed by atoms with Crippen LogP contribution in [0.5, 0.6) is 11.5 Å². The van der Waals surface area contributed by atoms with Gasteiger partial charge in [0.15, 0.2) is 11.5 Å². The molecule has 1 N–H and O–H groups in total. The SMILES string of the molecule is COCCCOc1cc(C(=O)N(C)[C@@H]2CCCN(C(=O)O)C2)ccc1OC. The molecule has 1 aromatic rings. The molecule has 1 heterocycles. The molecule has 150 valence electrons. The van der Waals surface area contributed by atoms with E-state index < -0.39 is 6.09 Å². The molecule has 1 fully saturated rings. The summed E-state index contributed by atoms with van der Waals surface area (Å²) in [6.45, 7) is 1.88. The lowest BCUT2D eigenvalue weighted by Crippen LogP contribution is -2.50. The number of amides is 2. The van der Waals surface area contributed by atoms with E-state index in [2.05, 4.69) is 0 Å². The van der Waals surface area contributed by atoms with Gasteiger partial charge in [-0.25, -0.2) is 4.79 Å². The predicted molar refractivity (Wildman–Crippen MR) is 99.7 cm³/mol. The Morgan fingerprint density at radius 2 is 2.04 bits per heavy atom. The second-order valence-corrected chi connectivity index (χ2v) is 6.50. The molecule has 1 aliphatic heterocycles. The van der Waals surface area contributed by atoms with Crippen molar-refractivity contribution >= 4 is 12.0 Å². The van der Waals surface area contributed by atoms with Crippen LogP contribution in [0.2, 0.25) is 0 Å². The maximum atomic E-state index is 12.9. The molecule has 0 aromatic heterocycles. The summed E-state index contributed by atoms with van der Waals surface area (Å²) in [5.74, 6) is 0.890. The van der Waals surface area contributed by atoms with Crippen LogP contribution in [0.25, 0.3) is 0 Å². The number of hydrogen-bond donors (Lipinski definition) is 1. The molecular formula is C19H28N2O6. The van der Waals surface area contributed by atoms with Gasteiger partial charge in [-0.15, -0.1) is 0 Å². The van der Waals surface area contributed by atoms with E-state index in [0.29, 0.717) is 43.4 Å². The monoisotopic (exact) mass is 380 g/mol. The van der Waals surface area contributed by atoms with Crippen molar-refractivity contribution in [3.8, 4) is 11.5 Å². The van der Waals surface area contributed by atoms with Crippen LogP contribution < -0.4 is 9.47 Å². The fraction of sp³-hybridized carbons (Fsp3) is 0.579. The Balaban J connectivity index is 2.08. The number of methoxy groups -OCH3 is 2. The Kier molecular flexibility index (Phi) is 7.72. The summed E-state index contributed by atoms with van der Waals surface area (Å²) in [5, 5.41) is 9.19. The molecule has 27 heavy (non-hydrogen) atoms. The zero-order valence-electron chi connectivity index (χ0n) is 16.1. The van der Waals surface area contributed by atoms with Crippen LogP contribution in [-0.2, 0) is 4.74 Å². The third kappa shape index (κ3) is 5.50. The summed E-state index contributed by atoms with van der Waals surface area (Å²) >= 11 is 0. The number of ether oxygens (including phenoxy) is 3. The lowest BCUT2D eigenvalue weighted by atomic mass is 10.0. The molecule has 8 heteroatoms. The normalized spacial score (nSPS) is 16.7. The fourth-order valence-corrected chi connectivity index (χ4v) is 3.12. The van der Waals surface area contributed by atoms with Gasteiger partial charge in [0.05, 0.1) is 13.7 Å². The molecule has 0 saturated carbocycles. The lowest BCUT2D eigenvalue weighted by molar-refractivity contribution is 0.0606. The molecule has 1 saturated heterocycles. The molecule has 0 unspecified atom stereocenters. The van der Waals surface area contributed by atoms with E-state index in [1.165, 1.54) is 4.90 Å². The summed E-state index contributed by atoms with van der Waals surface area (Å²) in [6.07, 6.45) is 1.30. The van der Waals surface area contributed by atoms with Gasteiger partial charge in [-0.2, -0.15) is 0 Å². The molecular weight excluding hydrogens is 352 g/mol. The Hall–Kier alpha value is -2.48. The van der Waals surface area contributed by atoms with Gasteiger partial charge in [0, 0.05) is 51.9 Å². The maximum absolute atomic E-state index is 12.9. The van der Waals surface area contributed by atoms with E-state index in [4.69, 9.17) is 14.2 Å². The number of piperidine rings is 1. The van der Waals surface area contributed by atoms with Gasteiger partial charge in [0.1, 0.15) is 0 Å². The van der Waals surface area contributed by atoms with Crippen LogP contribution in [0.1, 0.15) is 29.6 Å². The molecule has 2 amide bonds. The number of rotatable bonds is 8. The molecule has 8 nitrogen and oxygen atoms in total. The topological polar surface area (TPSA) is 88.5 Å². The molecule has 0 spiro atoms. The predicted octanol–water partition coefficient (Wildman–Crippen LogP) is 2.32. The Labute approximate surface area is 159 Å². The van der Waals surface area contributed by atoms with Gasteiger partial charge in [0.25, 0.3) is 5.91 Å². The summed E-state index contributed by atoms with van der Waals surface area (Å²) in [6, 6.07) is 4.92. The average molecular weight is 380 g/mol. The van der Waals surface area contributed by atoms with E-state index in [-0.39, 0.29) is 11.9 Å². The van der Waals surface area contributed by atoms with Crippen molar-refractivity contribution in [2.75, 3.05) is 47.6 Å². The van der Waals surface area contributed by atoms with Crippen LogP contribution in [0.3, 0.4) is 0 Å². The van der Waals surface area contributed by atoms with E-state index >= 15 is 0 Å². The van der Waals surface area contributed by atoms with E-state index in [1.54, 1.807) is 44.4 Å². The fourth-order valence-electron chi connectivity index (χ4n) is 3.12. The summed E-state index contributed by atoms with van der Waals surface area (Å²) in [7, 11) is 4.89. The Bertz CT molecular complexity index is 651. The highest BCUT2D eigenvalue weighted by molar-refractivity contribution is 5.95. The number of carbonyl (C=O) groups is 2. The van der Waals surface area contributed by atoms with Gasteiger partial charge in [-0.1, -0.05) is 0 Å². The van der Waals surface area contributed by atoms with E-state index in [0.717, 1.165) is 19.3 Å². The second kappa shape index (κ2) is 10.0. The highest BCUT2D eigenvalue weighted by Gasteiger charge is 2.29. The van der Waals surface area contributed by atoms with Crippen LogP contribution in [0.4, 0.5) is 4.79 Å². The Morgan fingerprint density at radius 3 is 2.70 bits per heavy atom. The highest BCUT2D eigenvalue weighted by atomic mass is 16.5. The zero-order valence-corrected chi connectivity index (χ0v) is 16.1. The molecule has 1 aromatic carbocycles. The standard InChI is InChI=1S/C19H28N2O6/c1-20(15-6-4-9-21(13-15)19(23)24)18(22)14-7-8-16(26-3)17(12-14)27-11-5-10-25-2/h7-8,12,15H,4-6,9-11,13H2,1-3H3,(H,23,24)/t15-/m1/s1. The molecule has 0 radical (unpaired) electrons. The number of nitrogens with zero attached hydrogens (tertiary/aromatic N) is 2. The van der Waals surface area contributed by atoms with Crippen molar-refractivity contribution in [2.24, 2.45) is 0 Å². The first-order valence-electron chi connectivity index (χ1n) is 9.02. The van der Waals surface area contributed by atoms with Gasteiger partial charge in [-0.05, 0) is 31.0 Å². The van der Waals surface area contributed by atoms with Crippen molar-refractivity contribution in [1.82, 2.24) is 9.80 Å². The van der Waals surface area contributed by atoms with Crippen LogP contribution >= 0.6 is 0 Å². The number of likely N-dealkylation sites (tertiary alicyclic amines) is 1. The van der Waals surface area contributed by atoms with E-state index in [9.17, 15) is 14.7 Å². The molecule has 0 bridgehead atoms. The number of hydrogen-bond acceptors (Lipinski definition) is 5. The molecule has 2 rings (SSSR count). The summed E-state index contributed by atoms with van der Waals surface area (Å²) < 4.78 is 16.0. The minimum atomic E-state index is -0.947. The number of benzene rings is 1. The summed E-state index contributed by atoms with van der Waals surface area (Å²) in [4.78, 5) is 27.1. The highest BCUT2D eigenvalue weighted by Crippen LogP contribution is 2.29. The largest absolute Gasteiger partial charge is 0.493 e. The first-order chi connectivity index (χ1) is 13.0. The third-order valence-electron chi connectivity index (χ3n) is 4.70. The van der Waals surface area contributed by atoms with Crippen molar-refractivity contribution in [3.63, 3.8) is 0 Å². The first kappa shape index (κ1) is 20.8. The van der Waals surface area contributed by atoms with Gasteiger partial charge >= 0.3 is 6.09 Å². The van der Waals surface area contributed by atoms with Gasteiger partial charge < -0.3 is 29.1 Å². The maximum Gasteiger partial charge on any atom is 0.407 e. The van der Waals surface area contributed by atoms with E-state index in [1.807, 2.05) is 0 Å². The number of carbonyl (C=O) groups excluding carboxylic acids is 1. The smallest absolute Gasteiger partial charge is 0.407 e. The van der Waals surface area contributed by atoms with Crippen LogP contribution in [0, 0.1) is 0 Å². The van der Waals surface area contributed by atoms with Gasteiger partial charge in [-0.3, -0.25) is 4.79 Å². The van der Waals surface area contributed by atoms with Crippen molar-refractivity contribution in [3.05, 3.63) is 23.8 Å². The third-order valence-corrected chi connectivity index (χ3v) is 4.70. The minimum absolute atomic E-state index is 0.143. The van der Waals surface area contributed by atoms with Gasteiger partial charge in [0.2, 0.25) is 0 Å². The summed E-state index contributed by atoms with van der Waals surface area (Å²) in [5.41, 5.74) is 0.479. The molecule has 1 aliphatic rings. The lowest BCUT2D eigenvalue weighted by Gasteiger charge is -2.36. The quantitative estimate of drug-likeness (QED) is 0.697. The molecule has 0 aliphatic carbocycles.